The lowest BCUT2D eigenvalue weighted by Crippen LogP contribution is -2.41. The molecule has 0 fully saturated rings. The number of benzene rings is 1. The topological polar surface area (TPSA) is 58.2 Å². The van der Waals surface area contributed by atoms with Crippen LogP contribution < -0.4 is 10.9 Å². The van der Waals surface area contributed by atoms with Crippen LogP contribution in [0, 0.1) is 0 Å². The Balaban J connectivity index is 2.02. The average molecular weight is 315 g/mol. The molecule has 0 aliphatic heterocycles. The highest BCUT2D eigenvalue weighted by Crippen LogP contribution is 2.25. The lowest BCUT2D eigenvalue weighted by Gasteiger charge is -2.08. The predicted molar refractivity (Wildman–Crippen MR) is 75.7 cm³/mol. The molecule has 0 saturated heterocycles. The molecule has 0 atom stereocenters. The Bertz CT molecular complexity index is 614. The molecule has 7 heteroatoms. The Morgan fingerprint density at radius 1 is 1.00 bits per heavy atom. The third-order valence-corrected chi connectivity index (χ3v) is 3.92. The van der Waals surface area contributed by atoms with E-state index in [-0.39, 0.29) is 21.5 Å². The van der Waals surface area contributed by atoms with Gasteiger partial charge in [0, 0.05) is 0 Å². The fourth-order valence-electron chi connectivity index (χ4n) is 1.33. The van der Waals surface area contributed by atoms with Crippen LogP contribution >= 0.6 is 34.5 Å². The lowest BCUT2D eigenvalue weighted by molar-refractivity contribution is 0.0849. The maximum Gasteiger partial charge on any atom is 0.279 e. The van der Waals surface area contributed by atoms with Crippen LogP contribution in [0.2, 0.25) is 10.0 Å². The predicted octanol–water partition coefficient (Wildman–Crippen LogP) is 3.13. The Morgan fingerprint density at radius 3 is 2.42 bits per heavy atom. The molecule has 2 rings (SSSR count). The summed E-state index contributed by atoms with van der Waals surface area (Å²) >= 11 is 13.0. The lowest BCUT2D eigenvalue weighted by atomic mass is 10.2. The zero-order valence-electron chi connectivity index (χ0n) is 9.44. The number of carbonyl (C=O) groups excluding carboxylic acids is 2. The zero-order chi connectivity index (χ0) is 13.8. The van der Waals surface area contributed by atoms with Gasteiger partial charge in [-0.2, -0.15) is 0 Å². The van der Waals surface area contributed by atoms with E-state index in [0.29, 0.717) is 4.88 Å². The summed E-state index contributed by atoms with van der Waals surface area (Å²) in [6.07, 6.45) is 0. The molecule has 1 aromatic heterocycles. The highest BCUT2D eigenvalue weighted by atomic mass is 35.5. The first-order valence-electron chi connectivity index (χ1n) is 5.18. The number of carbonyl (C=O) groups is 2. The van der Waals surface area contributed by atoms with E-state index >= 15 is 0 Å². The Labute approximate surface area is 123 Å². The fourth-order valence-corrected chi connectivity index (χ4v) is 2.33. The van der Waals surface area contributed by atoms with Gasteiger partial charge >= 0.3 is 0 Å². The minimum atomic E-state index is -0.530. The van der Waals surface area contributed by atoms with E-state index in [9.17, 15) is 9.59 Å². The first kappa shape index (κ1) is 13.9. The molecule has 0 saturated carbocycles. The van der Waals surface area contributed by atoms with E-state index in [1.165, 1.54) is 17.4 Å². The molecule has 0 aliphatic carbocycles. The van der Waals surface area contributed by atoms with E-state index in [2.05, 4.69) is 10.9 Å². The number of amides is 2. The molecule has 98 valence electrons. The Hall–Kier alpha value is -1.56. The van der Waals surface area contributed by atoms with Crippen LogP contribution in [0.3, 0.4) is 0 Å². The van der Waals surface area contributed by atoms with Crippen LogP contribution in [0.25, 0.3) is 0 Å². The van der Waals surface area contributed by atoms with Crippen LogP contribution in [-0.4, -0.2) is 11.8 Å². The third-order valence-electron chi connectivity index (χ3n) is 2.23. The molecule has 0 radical (unpaired) electrons. The maximum absolute atomic E-state index is 11.8. The van der Waals surface area contributed by atoms with Gasteiger partial charge in [-0.25, -0.2) is 0 Å². The largest absolute Gasteiger partial charge is 0.279 e. The molecule has 1 heterocycles. The van der Waals surface area contributed by atoms with Crippen LogP contribution in [0.15, 0.2) is 35.7 Å². The van der Waals surface area contributed by atoms with E-state index in [1.807, 2.05) is 0 Å². The summed E-state index contributed by atoms with van der Waals surface area (Å²) in [5.74, 6) is -0.918. The summed E-state index contributed by atoms with van der Waals surface area (Å²) in [4.78, 5) is 23.9. The van der Waals surface area contributed by atoms with Crippen LogP contribution in [0.1, 0.15) is 20.0 Å². The molecule has 2 N–H and O–H groups in total. The van der Waals surface area contributed by atoms with Gasteiger partial charge in [-0.05, 0) is 23.6 Å². The van der Waals surface area contributed by atoms with Crippen molar-refractivity contribution in [2.24, 2.45) is 0 Å². The summed E-state index contributed by atoms with van der Waals surface area (Å²) in [6.45, 7) is 0. The summed E-state index contributed by atoms with van der Waals surface area (Å²) < 4.78 is 0. The number of nitrogens with one attached hydrogen (secondary N) is 2. The monoisotopic (exact) mass is 314 g/mol. The van der Waals surface area contributed by atoms with Crippen molar-refractivity contribution in [1.29, 1.82) is 0 Å². The van der Waals surface area contributed by atoms with Gasteiger partial charge in [0.15, 0.2) is 0 Å². The minimum absolute atomic E-state index is 0.145. The molecule has 0 bridgehead atoms. The second-order valence-electron chi connectivity index (χ2n) is 3.49. The molecule has 2 aromatic rings. The van der Waals surface area contributed by atoms with Gasteiger partial charge in [0.2, 0.25) is 0 Å². The fraction of sp³-hybridized carbons (Fsp3) is 0. The van der Waals surface area contributed by atoms with Gasteiger partial charge < -0.3 is 0 Å². The maximum atomic E-state index is 11.8. The number of hydrogen-bond acceptors (Lipinski definition) is 3. The Morgan fingerprint density at radius 2 is 1.74 bits per heavy atom. The smallest absolute Gasteiger partial charge is 0.267 e. The van der Waals surface area contributed by atoms with E-state index in [1.54, 1.807) is 29.6 Å². The number of halogens is 2. The van der Waals surface area contributed by atoms with Gasteiger partial charge in [-0.1, -0.05) is 35.3 Å². The van der Waals surface area contributed by atoms with Crippen LogP contribution in [0.4, 0.5) is 0 Å². The number of rotatable bonds is 2. The van der Waals surface area contributed by atoms with E-state index in [0.717, 1.165) is 0 Å². The SMILES string of the molecule is O=C(NNC(=O)c1cccc(Cl)c1Cl)c1cccs1. The minimum Gasteiger partial charge on any atom is -0.267 e. The van der Waals surface area contributed by atoms with Crippen molar-refractivity contribution in [3.05, 3.63) is 56.2 Å². The second kappa shape index (κ2) is 6.06. The molecule has 1 aromatic carbocycles. The first-order chi connectivity index (χ1) is 9.09. The van der Waals surface area contributed by atoms with Gasteiger partial charge in [-0.3, -0.25) is 20.4 Å². The third kappa shape index (κ3) is 3.26. The van der Waals surface area contributed by atoms with Gasteiger partial charge in [0.1, 0.15) is 0 Å². The molecule has 0 aliphatic rings. The highest BCUT2D eigenvalue weighted by molar-refractivity contribution is 7.12. The summed E-state index contributed by atoms with van der Waals surface area (Å²) in [5.41, 5.74) is 4.78. The van der Waals surface area contributed by atoms with Crippen molar-refractivity contribution < 1.29 is 9.59 Å². The Kier molecular flexibility index (Phi) is 4.42. The average Bonchev–Trinajstić information content (AvgIpc) is 2.93. The number of hydrazine groups is 1. The van der Waals surface area contributed by atoms with Crippen molar-refractivity contribution in [3.8, 4) is 0 Å². The molecule has 2 amide bonds. The molecule has 0 unspecified atom stereocenters. The highest BCUT2D eigenvalue weighted by Gasteiger charge is 2.14. The summed E-state index contributed by atoms with van der Waals surface area (Å²) in [5, 5.41) is 2.19. The van der Waals surface area contributed by atoms with Crippen molar-refractivity contribution in [1.82, 2.24) is 10.9 Å². The van der Waals surface area contributed by atoms with Gasteiger partial charge in [0.05, 0.1) is 20.5 Å². The van der Waals surface area contributed by atoms with Crippen LogP contribution in [0.5, 0.6) is 0 Å². The zero-order valence-corrected chi connectivity index (χ0v) is 11.8. The molecule has 4 nitrogen and oxygen atoms in total. The number of hydrogen-bond donors (Lipinski definition) is 2. The van der Waals surface area contributed by atoms with Crippen molar-refractivity contribution in [3.63, 3.8) is 0 Å². The summed E-state index contributed by atoms with van der Waals surface area (Å²) in [7, 11) is 0. The van der Waals surface area contributed by atoms with Crippen LogP contribution in [-0.2, 0) is 0 Å². The van der Waals surface area contributed by atoms with Gasteiger partial charge in [0.25, 0.3) is 11.8 Å². The molecular formula is C12H8Cl2N2O2S. The second-order valence-corrected chi connectivity index (χ2v) is 5.22. The summed E-state index contributed by atoms with van der Waals surface area (Å²) in [6, 6.07) is 8.09. The first-order valence-corrected chi connectivity index (χ1v) is 6.81. The molecular weight excluding hydrogens is 307 g/mol. The van der Waals surface area contributed by atoms with Crippen molar-refractivity contribution in [2.45, 2.75) is 0 Å². The quantitative estimate of drug-likeness (QED) is 0.837. The molecule has 0 spiro atoms. The normalized spacial score (nSPS) is 10.0. The van der Waals surface area contributed by atoms with Crippen molar-refractivity contribution in [2.75, 3.05) is 0 Å². The van der Waals surface area contributed by atoms with Crippen molar-refractivity contribution >= 4 is 46.4 Å². The van der Waals surface area contributed by atoms with E-state index in [4.69, 9.17) is 23.2 Å². The van der Waals surface area contributed by atoms with E-state index < -0.39 is 5.91 Å². The molecule has 19 heavy (non-hydrogen) atoms. The number of thiophene rings is 1. The van der Waals surface area contributed by atoms with Gasteiger partial charge in [-0.15, -0.1) is 11.3 Å². The standard InChI is InChI=1S/C12H8Cl2N2O2S/c13-8-4-1-3-7(10(8)14)11(17)15-16-12(18)9-5-2-6-19-9/h1-6H,(H,15,17)(H,16,18).